The second-order valence-corrected chi connectivity index (χ2v) is 6.93. The molecule has 0 amide bonds. The third kappa shape index (κ3) is 2.50. The first-order valence-electron chi connectivity index (χ1n) is 6.70. The summed E-state index contributed by atoms with van der Waals surface area (Å²) in [5.74, 6) is 0. The van der Waals surface area contributed by atoms with Gasteiger partial charge in [-0.05, 0) is 0 Å². The van der Waals surface area contributed by atoms with E-state index in [0.29, 0.717) is 32.0 Å². The van der Waals surface area contributed by atoms with Crippen molar-refractivity contribution in [3.8, 4) is 0 Å². The van der Waals surface area contributed by atoms with E-state index in [2.05, 4.69) is 17.9 Å². The second kappa shape index (κ2) is 5.82. The van der Waals surface area contributed by atoms with Gasteiger partial charge in [0.2, 0.25) is 0 Å². The predicted octanol–water partition coefficient (Wildman–Crippen LogP) is 1.98. The topological polar surface area (TPSA) is 115 Å². The molecule has 0 radical (unpaired) electrons. The van der Waals surface area contributed by atoms with Crippen molar-refractivity contribution in [1.29, 1.82) is 0 Å². The third-order valence-electron chi connectivity index (χ3n) is 3.34. The summed E-state index contributed by atoms with van der Waals surface area (Å²) < 4.78 is 8.29. The van der Waals surface area contributed by atoms with Gasteiger partial charge in [0, 0.05) is 0 Å². The molecule has 2 heterocycles. The number of nitro groups is 1. The molecule has 0 saturated carbocycles. The molecular weight excluding hydrogens is 397 g/mol. The van der Waals surface area contributed by atoms with E-state index < -0.39 is 4.92 Å². The number of para-hydroxylation sites is 1. The van der Waals surface area contributed by atoms with Crippen molar-refractivity contribution in [2.45, 2.75) is 10.1 Å². The van der Waals surface area contributed by atoms with Crippen molar-refractivity contribution in [3.05, 3.63) is 56.9 Å². The molecule has 1 N–H and O–H groups in total. The Kier molecular flexibility index (Phi) is 3.64. The van der Waals surface area contributed by atoms with Crippen LogP contribution in [0.15, 0.2) is 51.2 Å². The van der Waals surface area contributed by atoms with Gasteiger partial charge < -0.3 is 0 Å². The van der Waals surface area contributed by atoms with Crippen LogP contribution in [0.25, 0.3) is 21.9 Å². The molecule has 0 spiro atoms. The number of H-pyrrole nitrogens is 1. The van der Waals surface area contributed by atoms with Gasteiger partial charge in [-0.3, -0.25) is 0 Å². The zero-order chi connectivity index (χ0) is 16.7. The van der Waals surface area contributed by atoms with Crippen LogP contribution in [-0.2, 0) is 0 Å². The molecule has 8 nitrogen and oxygen atoms in total. The summed E-state index contributed by atoms with van der Waals surface area (Å²) in [4.78, 5) is 30.5. The monoisotopic (exact) mass is 405 g/mol. The van der Waals surface area contributed by atoms with E-state index >= 15 is 0 Å². The molecule has 4 aromatic rings. The van der Waals surface area contributed by atoms with Gasteiger partial charge in [0.25, 0.3) is 0 Å². The van der Waals surface area contributed by atoms with Gasteiger partial charge in [-0.25, -0.2) is 0 Å². The van der Waals surface area contributed by atoms with Crippen LogP contribution in [-0.4, -0.2) is 37.8 Å². The minimum absolute atomic E-state index is 0.101. The molecule has 2 aromatic carbocycles. The molecule has 2 aromatic heterocycles. The number of benzene rings is 2. The Bertz CT molecular complexity index is 1160. The molecule has 0 fully saturated rings. The van der Waals surface area contributed by atoms with Crippen molar-refractivity contribution >= 4 is 54.3 Å². The summed E-state index contributed by atoms with van der Waals surface area (Å²) in [6, 6.07) is 10.2. The third-order valence-corrected chi connectivity index (χ3v) is 5.42. The molecule has 4 rings (SSSR count). The molecule has 0 aliphatic rings. The molecule has 0 saturated heterocycles. The standard InChI is InChI=1S/C14H7N5O3SSe/c20-13-7-3-1-2-4-8(7)15-14(16-13)23-10-6-5-9-11(18-24-17-9)12(10)19(21)22/h1-6H,(H,15,16,20). The van der Waals surface area contributed by atoms with E-state index in [1.807, 2.05) is 0 Å². The molecule has 0 atom stereocenters. The zero-order valence-corrected chi connectivity index (χ0v) is 14.3. The van der Waals surface area contributed by atoms with Gasteiger partial charge in [0.1, 0.15) is 0 Å². The van der Waals surface area contributed by atoms with Crippen LogP contribution in [0.5, 0.6) is 0 Å². The fourth-order valence-electron chi connectivity index (χ4n) is 2.30. The normalized spacial score (nSPS) is 11.2. The van der Waals surface area contributed by atoms with Crippen molar-refractivity contribution in [2.24, 2.45) is 0 Å². The fraction of sp³-hybridized carbons (Fsp3) is 0. The average Bonchev–Trinajstić information content (AvgIpc) is 3.03. The first kappa shape index (κ1) is 15.0. The average molecular weight is 404 g/mol. The van der Waals surface area contributed by atoms with E-state index in [1.165, 1.54) is 0 Å². The predicted molar refractivity (Wildman–Crippen MR) is 89.6 cm³/mol. The zero-order valence-electron chi connectivity index (χ0n) is 11.8. The van der Waals surface area contributed by atoms with E-state index in [0.717, 1.165) is 11.8 Å². The Morgan fingerprint density at radius 1 is 1.12 bits per heavy atom. The van der Waals surface area contributed by atoms with Crippen molar-refractivity contribution in [1.82, 2.24) is 17.9 Å². The Balaban J connectivity index is 1.86. The number of nitrogens with one attached hydrogen (secondary N) is 1. The molecular formula is C14H7N5O3SSe. The van der Waals surface area contributed by atoms with Crippen LogP contribution < -0.4 is 5.56 Å². The van der Waals surface area contributed by atoms with Crippen molar-refractivity contribution < 1.29 is 4.92 Å². The number of hydrogen-bond acceptors (Lipinski definition) is 7. The molecule has 118 valence electrons. The summed E-state index contributed by atoms with van der Waals surface area (Å²) >= 11 is 0.679. The summed E-state index contributed by atoms with van der Waals surface area (Å²) in [5, 5.41) is 12.2. The van der Waals surface area contributed by atoms with Gasteiger partial charge in [-0.1, -0.05) is 0 Å². The minimum atomic E-state index is -0.471. The Morgan fingerprint density at radius 2 is 1.96 bits per heavy atom. The van der Waals surface area contributed by atoms with Gasteiger partial charge in [0.05, 0.1) is 0 Å². The maximum atomic E-state index is 12.1. The van der Waals surface area contributed by atoms with Crippen LogP contribution in [0.2, 0.25) is 0 Å². The number of nitro benzene ring substituents is 1. The van der Waals surface area contributed by atoms with Crippen molar-refractivity contribution in [3.63, 3.8) is 0 Å². The molecule has 0 bridgehead atoms. The van der Waals surface area contributed by atoms with Crippen LogP contribution in [0, 0.1) is 10.1 Å². The Morgan fingerprint density at radius 3 is 2.79 bits per heavy atom. The molecule has 24 heavy (non-hydrogen) atoms. The van der Waals surface area contributed by atoms with Gasteiger partial charge in [0.15, 0.2) is 0 Å². The fourth-order valence-corrected chi connectivity index (χ4v) is 4.32. The number of nitrogens with zero attached hydrogens (tertiary/aromatic N) is 4. The number of hydrogen-bond donors (Lipinski definition) is 1. The first-order valence-corrected chi connectivity index (χ1v) is 9.05. The van der Waals surface area contributed by atoms with Gasteiger partial charge in [-0.2, -0.15) is 0 Å². The second-order valence-electron chi connectivity index (χ2n) is 4.79. The quantitative estimate of drug-likeness (QED) is 0.240. The Labute approximate surface area is 144 Å². The van der Waals surface area contributed by atoms with E-state index in [-0.39, 0.29) is 26.2 Å². The van der Waals surface area contributed by atoms with E-state index in [4.69, 9.17) is 0 Å². The van der Waals surface area contributed by atoms with Crippen LogP contribution in [0.1, 0.15) is 0 Å². The van der Waals surface area contributed by atoms with Crippen LogP contribution in [0.4, 0.5) is 5.69 Å². The van der Waals surface area contributed by atoms with Crippen LogP contribution in [0.3, 0.4) is 0 Å². The first-order chi connectivity index (χ1) is 11.6. The summed E-state index contributed by atoms with van der Waals surface area (Å²) in [5.41, 5.74) is 0.987. The molecule has 0 unspecified atom stereocenters. The summed E-state index contributed by atoms with van der Waals surface area (Å²) in [6.07, 6.45) is 0. The SMILES string of the molecule is O=c1[nH]c(Sc2ccc3n[se]nc3c2[N+](=O)[O-])nc2ccccc12. The van der Waals surface area contributed by atoms with Gasteiger partial charge >= 0.3 is 144 Å². The van der Waals surface area contributed by atoms with Gasteiger partial charge in [-0.15, -0.1) is 0 Å². The molecule has 0 aliphatic carbocycles. The number of aromatic amines is 1. The number of aromatic nitrogens is 4. The van der Waals surface area contributed by atoms with E-state index in [1.54, 1.807) is 36.4 Å². The Hall–Kier alpha value is -2.55. The van der Waals surface area contributed by atoms with E-state index in [9.17, 15) is 14.9 Å². The van der Waals surface area contributed by atoms with Crippen LogP contribution >= 0.6 is 11.8 Å². The molecule has 0 aliphatic heterocycles. The number of rotatable bonds is 3. The van der Waals surface area contributed by atoms with Crippen molar-refractivity contribution in [2.75, 3.05) is 0 Å². The number of fused-ring (bicyclic) bond motifs is 2. The molecule has 10 heteroatoms. The maximum absolute atomic E-state index is 12.1. The summed E-state index contributed by atoms with van der Waals surface area (Å²) in [7, 11) is 0. The summed E-state index contributed by atoms with van der Waals surface area (Å²) in [6.45, 7) is 0.